The molecule has 1 aromatic rings. The molecule has 0 bridgehead atoms. The van der Waals surface area contributed by atoms with Crippen molar-refractivity contribution in [2.45, 2.75) is 6.42 Å². The second-order valence-corrected chi connectivity index (χ2v) is 4.82. The van der Waals surface area contributed by atoms with Gasteiger partial charge in [0.1, 0.15) is 6.29 Å². The Kier molecular flexibility index (Phi) is 5.83. The van der Waals surface area contributed by atoms with Crippen LogP contribution in [0.15, 0.2) is 18.2 Å². The van der Waals surface area contributed by atoms with E-state index in [1.165, 1.54) is 0 Å². The van der Waals surface area contributed by atoms with E-state index in [-0.39, 0.29) is 0 Å². The van der Waals surface area contributed by atoms with E-state index in [0.29, 0.717) is 23.7 Å². The summed E-state index contributed by atoms with van der Waals surface area (Å²) in [6, 6.07) is 5.22. The second-order valence-electron chi connectivity index (χ2n) is 4.82. The van der Waals surface area contributed by atoms with Crippen molar-refractivity contribution in [3.05, 3.63) is 23.8 Å². The zero-order valence-electron chi connectivity index (χ0n) is 11.9. The Morgan fingerprint density at radius 2 is 2.10 bits per heavy atom. The van der Waals surface area contributed by atoms with Gasteiger partial charge in [-0.05, 0) is 24.6 Å². The molecule has 1 aliphatic heterocycles. The Labute approximate surface area is 119 Å². The van der Waals surface area contributed by atoms with Crippen LogP contribution in [0.25, 0.3) is 0 Å². The highest BCUT2D eigenvalue weighted by molar-refractivity contribution is 5.76. The Morgan fingerprint density at radius 3 is 2.80 bits per heavy atom. The zero-order valence-corrected chi connectivity index (χ0v) is 11.9. The number of ether oxygens (including phenoxy) is 2. The summed E-state index contributed by atoms with van der Waals surface area (Å²) in [5.74, 6) is 1.30. The van der Waals surface area contributed by atoms with Crippen LogP contribution in [-0.4, -0.2) is 57.6 Å². The third-order valence-electron chi connectivity index (χ3n) is 3.41. The van der Waals surface area contributed by atoms with Crippen LogP contribution in [0.3, 0.4) is 0 Å². The summed E-state index contributed by atoms with van der Waals surface area (Å²) in [6.07, 6.45) is 1.79. The molecule has 0 aromatic heterocycles. The van der Waals surface area contributed by atoms with E-state index < -0.39 is 0 Å². The summed E-state index contributed by atoms with van der Waals surface area (Å²) < 4.78 is 11.0. The van der Waals surface area contributed by atoms with Gasteiger partial charge in [0, 0.05) is 38.3 Å². The molecule has 0 aliphatic carbocycles. The van der Waals surface area contributed by atoms with Crippen LogP contribution in [0.4, 0.5) is 0 Å². The molecule has 0 amide bonds. The number of nitrogens with one attached hydrogen (secondary N) is 1. The first-order chi connectivity index (χ1) is 9.83. The van der Waals surface area contributed by atoms with Gasteiger partial charge in [-0.3, -0.25) is 4.79 Å². The van der Waals surface area contributed by atoms with Crippen LogP contribution in [0.2, 0.25) is 0 Å². The number of carbonyl (C=O) groups is 1. The number of hydrogen-bond acceptors (Lipinski definition) is 5. The van der Waals surface area contributed by atoms with Crippen molar-refractivity contribution in [1.82, 2.24) is 10.2 Å². The summed E-state index contributed by atoms with van der Waals surface area (Å²) in [5, 5.41) is 3.34. The van der Waals surface area contributed by atoms with Gasteiger partial charge in [0.05, 0.1) is 13.7 Å². The van der Waals surface area contributed by atoms with E-state index in [1.807, 2.05) is 0 Å². The highest BCUT2D eigenvalue weighted by Crippen LogP contribution is 2.27. The molecule has 1 heterocycles. The number of aldehydes is 1. The van der Waals surface area contributed by atoms with E-state index >= 15 is 0 Å². The van der Waals surface area contributed by atoms with E-state index in [1.54, 1.807) is 25.3 Å². The fourth-order valence-corrected chi connectivity index (χ4v) is 2.28. The molecule has 1 aliphatic rings. The Morgan fingerprint density at radius 1 is 1.30 bits per heavy atom. The molecule has 1 N–H and O–H groups in total. The standard InChI is InChI=1S/C15H22N2O3/c1-19-15-11-13(12-18)3-4-14(15)20-10-2-7-17-8-5-16-6-9-17/h3-4,11-12,16H,2,5-10H2,1H3. The summed E-state index contributed by atoms with van der Waals surface area (Å²) in [6.45, 7) is 6.07. The van der Waals surface area contributed by atoms with Gasteiger partial charge in [-0.2, -0.15) is 0 Å². The molecular formula is C15H22N2O3. The van der Waals surface area contributed by atoms with Crippen LogP contribution < -0.4 is 14.8 Å². The smallest absolute Gasteiger partial charge is 0.161 e. The molecule has 5 heteroatoms. The lowest BCUT2D eigenvalue weighted by molar-refractivity contribution is 0.112. The van der Waals surface area contributed by atoms with Crippen molar-refractivity contribution >= 4 is 6.29 Å². The monoisotopic (exact) mass is 278 g/mol. The van der Waals surface area contributed by atoms with Crippen LogP contribution >= 0.6 is 0 Å². The number of nitrogens with zero attached hydrogens (tertiary/aromatic N) is 1. The number of methoxy groups -OCH3 is 1. The van der Waals surface area contributed by atoms with Crippen molar-refractivity contribution < 1.29 is 14.3 Å². The van der Waals surface area contributed by atoms with Gasteiger partial charge in [-0.15, -0.1) is 0 Å². The van der Waals surface area contributed by atoms with Crippen molar-refractivity contribution in [1.29, 1.82) is 0 Å². The average Bonchev–Trinajstić information content (AvgIpc) is 2.52. The van der Waals surface area contributed by atoms with E-state index in [2.05, 4.69) is 10.2 Å². The maximum atomic E-state index is 10.7. The average molecular weight is 278 g/mol. The lowest BCUT2D eigenvalue weighted by Gasteiger charge is -2.27. The van der Waals surface area contributed by atoms with Crippen LogP contribution in [0, 0.1) is 0 Å². The molecule has 0 unspecified atom stereocenters. The fourth-order valence-electron chi connectivity index (χ4n) is 2.28. The van der Waals surface area contributed by atoms with E-state index in [0.717, 1.165) is 45.4 Å². The highest BCUT2D eigenvalue weighted by Gasteiger charge is 2.09. The molecule has 110 valence electrons. The molecule has 1 fully saturated rings. The highest BCUT2D eigenvalue weighted by atomic mass is 16.5. The minimum Gasteiger partial charge on any atom is -0.493 e. The maximum Gasteiger partial charge on any atom is 0.161 e. The van der Waals surface area contributed by atoms with Gasteiger partial charge in [0.2, 0.25) is 0 Å². The Balaban J connectivity index is 1.77. The first kappa shape index (κ1) is 14.8. The summed E-state index contributed by atoms with van der Waals surface area (Å²) in [7, 11) is 1.58. The normalized spacial score (nSPS) is 15.8. The van der Waals surface area contributed by atoms with E-state index in [4.69, 9.17) is 9.47 Å². The van der Waals surface area contributed by atoms with E-state index in [9.17, 15) is 4.79 Å². The second kappa shape index (κ2) is 7.87. The number of hydrogen-bond donors (Lipinski definition) is 1. The van der Waals surface area contributed by atoms with Crippen molar-refractivity contribution in [3.8, 4) is 11.5 Å². The van der Waals surface area contributed by atoms with Gasteiger partial charge in [0.15, 0.2) is 11.5 Å². The first-order valence-corrected chi connectivity index (χ1v) is 7.02. The van der Waals surface area contributed by atoms with Crippen LogP contribution in [0.1, 0.15) is 16.8 Å². The predicted octanol–water partition coefficient (Wildman–Crippen LogP) is 1.18. The molecular weight excluding hydrogens is 256 g/mol. The van der Waals surface area contributed by atoms with Gasteiger partial charge in [-0.1, -0.05) is 0 Å². The lowest BCUT2D eigenvalue weighted by atomic mass is 10.2. The molecule has 0 atom stereocenters. The largest absolute Gasteiger partial charge is 0.493 e. The molecule has 1 aromatic carbocycles. The van der Waals surface area contributed by atoms with Crippen molar-refractivity contribution in [2.24, 2.45) is 0 Å². The molecule has 20 heavy (non-hydrogen) atoms. The first-order valence-electron chi connectivity index (χ1n) is 7.02. The molecule has 2 rings (SSSR count). The van der Waals surface area contributed by atoms with Crippen LogP contribution in [-0.2, 0) is 0 Å². The Hall–Kier alpha value is -1.59. The minimum atomic E-state index is 0.593. The maximum absolute atomic E-state index is 10.7. The molecule has 1 saturated heterocycles. The molecule has 0 spiro atoms. The van der Waals surface area contributed by atoms with Crippen molar-refractivity contribution in [2.75, 3.05) is 46.4 Å². The molecule has 0 radical (unpaired) electrons. The number of piperazine rings is 1. The summed E-state index contributed by atoms with van der Waals surface area (Å²) in [5.41, 5.74) is 0.593. The van der Waals surface area contributed by atoms with Crippen molar-refractivity contribution in [3.63, 3.8) is 0 Å². The molecule has 5 nitrogen and oxygen atoms in total. The Bertz CT molecular complexity index is 431. The number of carbonyl (C=O) groups excluding carboxylic acids is 1. The molecule has 0 saturated carbocycles. The third kappa shape index (κ3) is 4.21. The lowest BCUT2D eigenvalue weighted by Crippen LogP contribution is -2.43. The van der Waals surface area contributed by atoms with Gasteiger partial charge in [-0.25, -0.2) is 0 Å². The van der Waals surface area contributed by atoms with Gasteiger partial charge >= 0.3 is 0 Å². The summed E-state index contributed by atoms with van der Waals surface area (Å²) >= 11 is 0. The summed E-state index contributed by atoms with van der Waals surface area (Å²) in [4.78, 5) is 13.2. The minimum absolute atomic E-state index is 0.593. The predicted molar refractivity (Wildman–Crippen MR) is 77.8 cm³/mol. The SMILES string of the molecule is COc1cc(C=O)ccc1OCCCN1CCNCC1. The fraction of sp³-hybridized carbons (Fsp3) is 0.533. The number of rotatable bonds is 7. The topological polar surface area (TPSA) is 50.8 Å². The van der Waals surface area contributed by atoms with Gasteiger partial charge in [0.25, 0.3) is 0 Å². The quantitative estimate of drug-likeness (QED) is 0.599. The van der Waals surface area contributed by atoms with Crippen LogP contribution in [0.5, 0.6) is 11.5 Å². The number of benzene rings is 1. The zero-order chi connectivity index (χ0) is 14.2. The third-order valence-corrected chi connectivity index (χ3v) is 3.41. The van der Waals surface area contributed by atoms with Gasteiger partial charge < -0.3 is 19.7 Å².